The van der Waals surface area contributed by atoms with E-state index in [0.29, 0.717) is 12.8 Å². The van der Waals surface area contributed by atoms with Crippen molar-refractivity contribution in [1.82, 2.24) is 20.5 Å². The summed E-state index contributed by atoms with van der Waals surface area (Å²) in [5.41, 5.74) is -0.300. The summed E-state index contributed by atoms with van der Waals surface area (Å²) in [6.45, 7) is 7.31. The minimum absolute atomic E-state index is 0.00721. The Morgan fingerprint density at radius 2 is 2.05 bits per heavy atom. The standard InChI is InChI=1S/C27H31F2N5O3/c1-26(2)12-21(35)34(25(30)33-26)22(14-6-5-7-31-13-14)16-10-17(16)24(36)32-20-11-27(3,4)37-23-18(20)8-15(28)9-19(23)29/h5-9,13,16-17,20,22H,10-12H2,1-4H3,(H2,30,33)(H,32,36)/t16-,17-,20?,22+/m1/s1. The minimum atomic E-state index is -0.805. The van der Waals surface area contributed by atoms with Crippen molar-refractivity contribution in [3.63, 3.8) is 0 Å². The average Bonchev–Trinajstić information content (AvgIpc) is 3.57. The lowest BCUT2D eigenvalue weighted by Gasteiger charge is -2.42. The zero-order valence-corrected chi connectivity index (χ0v) is 21.3. The smallest absolute Gasteiger partial charge is 0.232 e. The fourth-order valence-electron chi connectivity index (χ4n) is 5.58. The van der Waals surface area contributed by atoms with Crippen molar-refractivity contribution in [3.05, 3.63) is 59.4 Å². The molecule has 1 saturated heterocycles. The molecular formula is C27H31F2N5O3. The largest absolute Gasteiger partial charge is 0.484 e. The Labute approximate surface area is 214 Å². The molecule has 0 radical (unpaired) electrons. The number of benzene rings is 1. The monoisotopic (exact) mass is 511 g/mol. The highest BCUT2D eigenvalue weighted by Crippen LogP contribution is 2.51. The van der Waals surface area contributed by atoms with E-state index in [9.17, 15) is 18.4 Å². The van der Waals surface area contributed by atoms with Crippen molar-refractivity contribution in [3.8, 4) is 5.75 Å². The maximum Gasteiger partial charge on any atom is 0.232 e. The molecule has 2 aromatic rings. The second kappa shape index (κ2) is 8.78. The van der Waals surface area contributed by atoms with Crippen LogP contribution in [0.15, 0.2) is 36.7 Å². The van der Waals surface area contributed by atoms with E-state index in [0.717, 1.165) is 11.6 Å². The van der Waals surface area contributed by atoms with Crippen molar-refractivity contribution in [2.24, 2.45) is 11.8 Å². The van der Waals surface area contributed by atoms with E-state index in [1.54, 1.807) is 32.3 Å². The molecule has 3 N–H and O–H groups in total. The van der Waals surface area contributed by atoms with Gasteiger partial charge < -0.3 is 15.4 Å². The number of fused-ring (bicyclic) bond motifs is 1. The number of guanidine groups is 1. The van der Waals surface area contributed by atoms with Gasteiger partial charge in [0.2, 0.25) is 11.8 Å². The van der Waals surface area contributed by atoms with Crippen LogP contribution >= 0.6 is 0 Å². The molecule has 10 heteroatoms. The second-order valence-electron chi connectivity index (χ2n) is 11.5. The Balaban J connectivity index is 1.39. The molecule has 196 valence electrons. The summed E-state index contributed by atoms with van der Waals surface area (Å²) in [7, 11) is 0. The summed E-state index contributed by atoms with van der Waals surface area (Å²) in [4.78, 5) is 32.2. The molecule has 1 unspecified atom stereocenters. The molecule has 2 fully saturated rings. The lowest BCUT2D eigenvalue weighted by atomic mass is 9.89. The molecule has 1 aromatic heterocycles. The van der Waals surface area contributed by atoms with Crippen molar-refractivity contribution >= 4 is 17.8 Å². The van der Waals surface area contributed by atoms with Crippen LogP contribution in [0, 0.1) is 28.9 Å². The number of carbonyl (C=O) groups excluding carboxylic acids is 2. The van der Waals surface area contributed by atoms with Crippen LogP contribution in [0.4, 0.5) is 8.78 Å². The van der Waals surface area contributed by atoms with E-state index < -0.39 is 40.8 Å². The number of carbonyl (C=O) groups is 2. The Morgan fingerprint density at radius 1 is 1.30 bits per heavy atom. The highest BCUT2D eigenvalue weighted by molar-refractivity contribution is 5.99. The van der Waals surface area contributed by atoms with Crippen LogP contribution in [-0.4, -0.2) is 38.8 Å². The Morgan fingerprint density at radius 3 is 2.73 bits per heavy atom. The average molecular weight is 512 g/mol. The number of nitrogens with one attached hydrogen (secondary N) is 3. The summed E-state index contributed by atoms with van der Waals surface area (Å²) >= 11 is 0. The molecule has 0 spiro atoms. The fourth-order valence-corrected chi connectivity index (χ4v) is 5.58. The number of amides is 2. The third-order valence-electron chi connectivity index (χ3n) is 7.25. The van der Waals surface area contributed by atoms with Gasteiger partial charge in [-0.15, -0.1) is 0 Å². The van der Waals surface area contributed by atoms with E-state index in [-0.39, 0.29) is 41.4 Å². The second-order valence-corrected chi connectivity index (χ2v) is 11.5. The lowest BCUT2D eigenvalue weighted by molar-refractivity contribution is -0.133. The topological polar surface area (TPSA) is 107 Å². The molecule has 1 aromatic carbocycles. The maximum atomic E-state index is 14.5. The van der Waals surface area contributed by atoms with Crippen LogP contribution in [0.25, 0.3) is 0 Å². The van der Waals surface area contributed by atoms with Crippen molar-refractivity contribution < 1.29 is 23.1 Å². The first-order valence-corrected chi connectivity index (χ1v) is 12.4. The van der Waals surface area contributed by atoms with Gasteiger partial charge in [0.15, 0.2) is 17.5 Å². The first kappa shape index (κ1) is 25.1. The van der Waals surface area contributed by atoms with E-state index >= 15 is 0 Å². The number of pyridine rings is 1. The number of hydrogen-bond donors (Lipinski definition) is 3. The Kier molecular flexibility index (Phi) is 5.96. The molecule has 2 amide bonds. The number of hydrogen-bond acceptors (Lipinski definition) is 5. The van der Waals surface area contributed by atoms with Gasteiger partial charge >= 0.3 is 0 Å². The third-order valence-corrected chi connectivity index (χ3v) is 7.25. The predicted molar refractivity (Wildman–Crippen MR) is 132 cm³/mol. The van der Waals surface area contributed by atoms with E-state index in [2.05, 4.69) is 15.6 Å². The van der Waals surface area contributed by atoms with Gasteiger partial charge in [-0.2, -0.15) is 0 Å². The van der Waals surface area contributed by atoms with Crippen LogP contribution in [0.1, 0.15) is 70.2 Å². The molecule has 0 bridgehead atoms. The first-order chi connectivity index (χ1) is 17.3. The number of nitrogens with zero attached hydrogens (tertiary/aromatic N) is 2. The highest BCUT2D eigenvalue weighted by Gasteiger charge is 2.54. The number of ether oxygens (including phenoxy) is 1. The van der Waals surface area contributed by atoms with Crippen LogP contribution in [0.3, 0.4) is 0 Å². The third kappa shape index (κ3) is 4.89. The number of aromatic nitrogens is 1. The molecule has 2 aliphatic heterocycles. The SMILES string of the molecule is CC1(C)CC(=O)N([C@@H](c2cccnc2)[C@@H]2C[C@H]2C(=O)NC2CC(C)(C)Oc3c(F)cc(F)cc32)C(=N)N1. The van der Waals surface area contributed by atoms with Crippen LogP contribution in [0.2, 0.25) is 0 Å². The molecule has 37 heavy (non-hydrogen) atoms. The summed E-state index contributed by atoms with van der Waals surface area (Å²) in [6.07, 6.45) is 4.34. The van der Waals surface area contributed by atoms with Gasteiger partial charge in [-0.1, -0.05) is 6.07 Å². The van der Waals surface area contributed by atoms with Crippen LogP contribution < -0.4 is 15.4 Å². The zero-order chi connectivity index (χ0) is 26.7. The van der Waals surface area contributed by atoms with Crippen LogP contribution in [-0.2, 0) is 9.59 Å². The van der Waals surface area contributed by atoms with Crippen molar-refractivity contribution in [2.45, 2.75) is 70.2 Å². The zero-order valence-electron chi connectivity index (χ0n) is 21.3. The fraction of sp³-hybridized carbons (Fsp3) is 0.481. The van der Waals surface area contributed by atoms with Gasteiger partial charge in [0.25, 0.3) is 0 Å². The van der Waals surface area contributed by atoms with Crippen molar-refractivity contribution in [2.75, 3.05) is 0 Å². The van der Waals surface area contributed by atoms with E-state index in [1.165, 1.54) is 11.0 Å². The molecule has 1 saturated carbocycles. The molecule has 5 rings (SSSR count). The van der Waals surface area contributed by atoms with Gasteiger partial charge in [0, 0.05) is 48.3 Å². The van der Waals surface area contributed by atoms with Crippen molar-refractivity contribution in [1.29, 1.82) is 5.41 Å². The van der Waals surface area contributed by atoms with E-state index in [1.807, 2.05) is 19.9 Å². The molecule has 8 nitrogen and oxygen atoms in total. The van der Waals surface area contributed by atoms with Gasteiger partial charge in [0.05, 0.1) is 12.1 Å². The summed E-state index contributed by atoms with van der Waals surface area (Å²) in [6, 6.07) is 4.40. The lowest BCUT2D eigenvalue weighted by Crippen LogP contribution is -2.60. The molecule has 1 aliphatic carbocycles. The van der Waals surface area contributed by atoms with E-state index in [4.69, 9.17) is 10.1 Å². The normalized spacial score (nSPS) is 26.4. The number of halogens is 2. The quantitative estimate of drug-likeness (QED) is 0.563. The Hall–Kier alpha value is -3.56. The van der Waals surface area contributed by atoms with Gasteiger partial charge in [-0.05, 0) is 57.7 Å². The summed E-state index contributed by atoms with van der Waals surface area (Å²) in [5.74, 6) is -2.74. The first-order valence-electron chi connectivity index (χ1n) is 12.4. The molecular weight excluding hydrogens is 480 g/mol. The van der Waals surface area contributed by atoms with Gasteiger partial charge in [-0.3, -0.25) is 24.9 Å². The summed E-state index contributed by atoms with van der Waals surface area (Å²) < 4.78 is 34.3. The summed E-state index contributed by atoms with van der Waals surface area (Å²) in [5, 5.41) is 14.6. The number of rotatable bonds is 5. The Bertz CT molecular complexity index is 1250. The highest BCUT2D eigenvalue weighted by atomic mass is 19.1. The maximum absolute atomic E-state index is 14.5. The van der Waals surface area contributed by atoms with Gasteiger partial charge in [0.1, 0.15) is 11.4 Å². The van der Waals surface area contributed by atoms with Crippen LogP contribution in [0.5, 0.6) is 5.75 Å². The van der Waals surface area contributed by atoms with Gasteiger partial charge in [-0.25, -0.2) is 8.78 Å². The molecule has 3 heterocycles. The molecule has 4 atom stereocenters. The minimum Gasteiger partial charge on any atom is -0.484 e. The predicted octanol–water partition coefficient (Wildman–Crippen LogP) is 3.99. The molecule has 3 aliphatic rings.